The summed E-state index contributed by atoms with van der Waals surface area (Å²) in [6.45, 7) is 6.88. The molecule has 0 aliphatic carbocycles. The molecule has 3 aromatic rings. The van der Waals surface area contributed by atoms with Crippen LogP contribution in [0, 0.1) is 0 Å². The molecule has 1 atom stereocenters. The number of para-hydroxylation sites is 2. The van der Waals surface area contributed by atoms with Gasteiger partial charge in [0.15, 0.2) is 0 Å². The molecular weight excluding hydrogens is 346 g/mol. The van der Waals surface area contributed by atoms with Crippen molar-refractivity contribution >= 4 is 16.7 Å². The lowest BCUT2D eigenvalue weighted by Crippen LogP contribution is -2.49. The molecule has 2 aliphatic rings. The maximum atomic E-state index is 4.87. The SMILES string of the molecule is Cn1c(-c2cccc(N3CCN(C[C@@H]4CCCN4)CC3)c2)nc2ccccc21. The van der Waals surface area contributed by atoms with Gasteiger partial charge in [0.05, 0.1) is 11.0 Å². The van der Waals surface area contributed by atoms with Crippen LogP contribution in [0.3, 0.4) is 0 Å². The zero-order valence-electron chi connectivity index (χ0n) is 16.6. The fraction of sp³-hybridized carbons (Fsp3) is 0.435. The maximum absolute atomic E-state index is 4.87. The van der Waals surface area contributed by atoms with E-state index in [4.69, 9.17) is 4.98 Å². The second kappa shape index (κ2) is 7.57. The number of aromatic nitrogens is 2. The van der Waals surface area contributed by atoms with E-state index in [2.05, 4.69) is 75.3 Å². The first-order chi connectivity index (χ1) is 13.8. The van der Waals surface area contributed by atoms with Crippen LogP contribution in [0.1, 0.15) is 12.8 Å². The molecule has 1 aromatic heterocycles. The highest BCUT2D eigenvalue weighted by Gasteiger charge is 2.22. The van der Waals surface area contributed by atoms with Gasteiger partial charge in [-0.1, -0.05) is 24.3 Å². The van der Waals surface area contributed by atoms with E-state index < -0.39 is 0 Å². The molecule has 0 spiro atoms. The Labute approximate surface area is 167 Å². The number of hydrogen-bond acceptors (Lipinski definition) is 4. The summed E-state index contributed by atoms with van der Waals surface area (Å²) in [5.41, 5.74) is 4.73. The molecule has 28 heavy (non-hydrogen) atoms. The zero-order chi connectivity index (χ0) is 18.9. The predicted octanol–water partition coefficient (Wildman–Crippen LogP) is 3.11. The number of rotatable bonds is 4. The van der Waals surface area contributed by atoms with Crippen molar-refractivity contribution in [3.8, 4) is 11.4 Å². The Morgan fingerprint density at radius 1 is 1.04 bits per heavy atom. The molecular formula is C23H29N5. The summed E-state index contributed by atoms with van der Waals surface area (Å²) >= 11 is 0. The van der Waals surface area contributed by atoms with Crippen LogP contribution >= 0.6 is 0 Å². The minimum atomic E-state index is 0.701. The molecule has 146 valence electrons. The van der Waals surface area contributed by atoms with Crippen molar-refractivity contribution in [2.45, 2.75) is 18.9 Å². The molecule has 0 bridgehead atoms. The van der Waals surface area contributed by atoms with Crippen LogP contribution in [0.4, 0.5) is 5.69 Å². The summed E-state index contributed by atoms with van der Waals surface area (Å²) in [6.07, 6.45) is 2.67. The van der Waals surface area contributed by atoms with Gasteiger partial charge in [-0.15, -0.1) is 0 Å². The topological polar surface area (TPSA) is 36.3 Å². The molecule has 2 aliphatic heterocycles. The fourth-order valence-electron chi connectivity index (χ4n) is 4.66. The Balaban J connectivity index is 1.31. The first-order valence-electron chi connectivity index (χ1n) is 10.5. The minimum absolute atomic E-state index is 0.701. The fourth-order valence-corrected chi connectivity index (χ4v) is 4.66. The maximum Gasteiger partial charge on any atom is 0.140 e. The van der Waals surface area contributed by atoms with Crippen LogP contribution in [0.5, 0.6) is 0 Å². The third-order valence-corrected chi connectivity index (χ3v) is 6.27. The Hall–Kier alpha value is -2.37. The van der Waals surface area contributed by atoms with Gasteiger partial charge in [-0.25, -0.2) is 4.98 Å². The monoisotopic (exact) mass is 375 g/mol. The van der Waals surface area contributed by atoms with Crippen molar-refractivity contribution < 1.29 is 0 Å². The van der Waals surface area contributed by atoms with E-state index in [9.17, 15) is 0 Å². The normalized spacial score (nSPS) is 20.9. The van der Waals surface area contributed by atoms with Gasteiger partial charge < -0.3 is 14.8 Å². The molecule has 0 unspecified atom stereocenters. The quantitative estimate of drug-likeness (QED) is 0.760. The third kappa shape index (κ3) is 3.40. The van der Waals surface area contributed by atoms with E-state index in [-0.39, 0.29) is 0 Å². The Morgan fingerprint density at radius 3 is 2.68 bits per heavy atom. The summed E-state index contributed by atoms with van der Waals surface area (Å²) in [5.74, 6) is 1.04. The molecule has 5 rings (SSSR count). The molecule has 5 heteroatoms. The standard InChI is InChI=1S/C23H29N5/c1-26-22-10-3-2-9-21(22)25-23(26)18-6-4-8-20(16-18)28-14-12-27(13-15-28)17-19-7-5-11-24-19/h2-4,6,8-10,16,19,24H,5,7,11-15,17H2,1H3/t19-/m0/s1. The molecule has 5 nitrogen and oxygen atoms in total. The van der Waals surface area contributed by atoms with Gasteiger partial charge in [0.25, 0.3) is 0 Å². The van der Waals surface area contributed by atoms with Gasteiger partial charge in [0.1, 0.15) is 5.82 Å². The molecule has 0 saturated carbocycles. The highest BCUT2D eigenvalue weighted by atomic mass is 15.3. The van der Waals surface area contributed by atoms with Crippen LogP contribution in [-0.2, 0) is 7.05 Å². The summed E-state index contributed by atoms with van der Waals surface area (Å²) in [5, 5.41) is 3.62. The number of fused-ring (bicyclic) bond motifs is 1. The van der Waals surface area contributed by atoms with Crippen LogP contribution in [0.15, 0.2) is 48.5 Å². The van der Waals surface area contributed by atoms with Crippen molar-refractivity contribution in [1.82, 2.24) is 19.8 Å². The molecule has 0 radical (unpaired) electrons. The number of nitrogens with zero attached hydrogens (tertiary/aromatic N) is 4. The van der Waals surface area contributed by atoms with Crippen LogP contribution in [-0.4, -0.2) is 59.8 Å². The average Bonchev–Trinajstić information content (AvgIpc) is 3.37. The molecule has 0 amide bonds. The van der Waals surface area contributed by atoms with Gasteiger partial charge >= 0.3 is 0 Å². The Bertz CT molecular complexity index is 949. The van der Waals surface area contributed by atoms with E-state index in [1.807, 2.05) is 0 Å². The third-order valence-electron chi connectivity index (χ3n) is 6.27. The van der Waals surface area contributed by atoms with Crippen molar-refractivity contribution in [2.24, 2.45) is 7.05 Å². The van der Waals surface area contributed by atoms with E-state index >= 15 is 0 Å². The minimum Gasteiger partial charge on any atom is -0.369 e. The number of anilines is 1. The highest BCUT2D eigenvalue weighted by molar-refractivity contribution is 5.81. The van der Waals surface area contributed by atoms with Crippen LogP contribution in [0.25, 0.3) is 22.4 Å². The van der Waals surface area contributed by atoms with Crippen LogP contribution < -0.4 is 10.2 Å². The van der Waals surface area contributed by atoms with Crippen molar-refractivity contribution in [2.75, 3.05) is 44.2 Å². The van der Waals surface area contributed by atoms with Gasteiger partial charge in [-0.3, -0.25) is 4.90 Å². The van der Waals surface area contributed by atoms with E-state index in [1.165, 1.54) is 42.7 Å². The number of hydrogen-bond donors (Lipinski definition) is 1. The number of piperazine rings is 1. The summed E-state index contributed by atoms with van der Waals surface area (Å²) in [6, 6.07) is 17.9. The largest absolute Gasteiger partial charge is 0.369 e. The molecule has 3 heterocycles. The first kappa shape index (κ1) is 17.7. The zero-order valence-corrected chi connectivity index (χ0v) is 16.6. The van der Waals surface area contributed by atoms with E-state index in [0.29, 0.717) is 6.04 Å². The smallest absolute Gasteiger partial charge is 0.140 e. The number of imidazole rings is 1. The second-order valence-electron chi connectivity index (χ2n) is 8.11. The molecule has 2 aromatic carbocycles. The molecule has 1 N–H and O–H groups in total. The number of benzene rings is 2. The summed E-state index contributed by atoms with van der Waals surface area (Å²) < 4.78 is 2.20. The van der Waals surface area contributed by atoms with E-state index in [1.54, 1.807) is 0 Å². The van der Waals surface area contributed by atoms with Crippen molar-refractivity contribution in [3.05, 3.63) is 48.5 Å². The van der Waals surface area contributed by atoms with Crippen LogP contribution in [0.2, 0.25) is 0 Å². The van der Waals surface area contributed by atoms with Gasteiger partial charge in [0, 0.05) is 57.1 Å². The van der Waals surface area contributed by atoms with Gasteiger partial charge in [0.2, 0.25) is 0 Å². The summed E-state index contributed by atoms with van der Waals surface area (Å²) in [7, 11) is 2.10. The summed E-state index contributed by atoms with van der Waals surface area (Å²) in [4.78, 5) is 10.0. The Morgan fingerprint density at radius 2 is 1.89 bits per heavy atom. The lowest BCUT2D eigenvalue weighted by Gasteiger charge is -2.37. The lowest BCUT2D eigenvalue weighted by atomic mass is 10.1. The average molecular weight is 376 g/mol. The second-order valence-corrected chi connectivity index (χ2v) is 8.11. The van der Waals surface area contributed by atoms with Crippen molar-refractivity contribution in [1.29, 1.82) is 0 Å². The van der Waals surface area contributed by atoms with Gasteiger partial charge in [-0.05, 0) is 43.7 Å². The first-order valence-corrected chi connectivity index (χ1v) is 10.5. The van der Waals surface area contributed by atoms with E-state index in [0.717, 1.165) is 37.5 Å². The molecule has 2 fully saturated rings. The number of nitrogens with one attached hydrogen (secondary N) is 1. The lowest BCUT2D eigenvalue weighted by molar-refractivity contribution is 0.236. The number of aryl methyl sites for hydroxylation is 1. The van der Waals surface area contributed by atoms with Crippen molar-refractivity contribution in [3.63, 3.8) is 0 Å². The van der Waals surface area contributed by atoms with Gasteiger partial charge in [-0.2, -0.15) is 0 Å². The highest BCUT2D eigenvalue weighted by Crippen LogP contribution is 2.27. The molecule has 2 saturated heterocycles. The predicted molar refractivity (Wildman–Crippen MR) is 116 cm³/mol. The Kier molecular flexibility index (Phi) is 4.79.